The summed E-state index contributed by atoms with van der Waals surface area (Å²) in [5.41, 5.74) is -2.21. The fourth-order valence-electron chi connectivity index (χ4n) is 2.18. The lowest BCUT2D eigenvalue weighted by Gasteiger charge is -2.10. The third kappa shape index (κ3) is 3.18. The number of rotatable bonds is 3. The standard InChI is InChI=1S/C14H10ClN9O3/c1-22-13(18-20-21-22)17-11(25)10-12(26)24(14(27)23(2)19-10)8-3-4-9(15)7(5-8)6-16/h3-5H,1-2H3,(H,17,18,21,25). The summed E-state index contributed by atoms with van der Waals surface area (Å²) in [6.07, 6.45) is 0. The smallest absolute Gasteiger partial charge is 0.288 e. The van der Waals surface area contributed by atoms with E-state index in [1.54, 1.807) is 0 Å². The largest absolute Gasteiger partial charge is 0.351 e. The van der Waals surface area contributed by atoms with Gasteiger partial charge in [-0.1, -0.05) is 16.7 Å². The van der Waals surface area contributed by atoms with Crippen LogP contribution in [-0.4, -0.2) is 40.5 Å². The Bertz CT molecular complexity index is 1220. The van der Waals surface area contributed by atoms with Crippen molar-refractivity contribution in [3.8, 4) is 11.8 Å². The molecule has 1 aromatic carbocycles. The maximum absolute atomic E-state index is 12.7. The number of nitrogens with one attached hydrogen (secondary N) is 1. The van der Waals surface area contributed by atoms with Crippen molar-refractivity contribution in [3.63, 3.8) is 0 Å². The van der Waals surface area contributed by atoms with Gasteiger partial charge in [-0.05, 0) is 28.6 Å². The zero-order valence-electron chi connectivity index (χ0n) is 13.9. The van der Waals surface area contributed by atoms with Crippen molar-refractivity contribution in [2.24, 2.45) is 14.1 Å². The lowest BCUT2D eigenvalue weighted by molar-refractivity contribution is 0.101. The highest BCUT2D eigenvalue weighted by Crippen LogP contribution is 2.17. The van der Waals surface area contributed by atoms with E-state index in [1.165, 1.54) is 37.0 Å². The highest BCUT2D eigenvalue weighted by atomic mass is 35.5. The molecule has 3 aromatic rings. The second kappa shape index (κ2) is 6.81. The van der Waals surface area contributed by atoms with Crippen molar-refractivity contribution >= 4 is 23.5 Å². The second-order valence-electron chi connectivity index (χ2n) is 5.25. The molecule has 0 bridgehead atoms. The van der Waals surface area contributed by atoms with Gasteiger partial charge in [-0.25, -0.2) is 18.7 Å². The fourth-order valence-corrected chi connectivity index (χ4v) is 2.34. The molecule has 0 aliphatic carbocycles. The van der Waals surface area contributed by atoms with Gasteiger partial charge >= 0.3 is 5.69 Å². The summed E-state index contributed by atoms with van der Waals surface area (Å²) >= 11 is 5.88. The number of hydrogen-bond donors (Lipinski definition) is 1. The van der Waals surface area contributed by atoms with Gasteiger partial charge < -0.3 is 0 Å². The van der Waals surface area contributed by atoms with Gasteiger partial charge in [0.15, 0.2) is 0 Å². The van der Waals surface area contributed by atoms with Crippen molar-refractivity contribution in [3.05, 3.63) is 55.3 Å². The van der Waals surface area contributed by atoms with E-state index in [0.717, 1.165) is 4.68 Å². The Morgan fingerprint density at radius 3 is 2.63 bits per heavy atom. The Kier molecular flexibility index (Phi) is 4.53. The van der Waals surface area contributed by atoms with Crippen LogP contribution < -0.4 is 16.6 Å². The third-order valence-electron chi connectivity index (χ3n) is 3.51. The number of anilines is 1. The summed E-state index contributed by atoms with van der Waals surface area (Å²) in [6.45, 7) is 0. The number of nitriles is 1. The highest BCUT2D eigenvalue weighted by molar-refractivity contribution is 6.31. The van der Waals surface area contributed by atoms with E-state index < -0.39 is 22.9 Å². The Balaban J connectivity index is 2.16. The second-order valence-corrected chi connectivity index (χ2v) is 5.66. The molecule has 12 nitrogen and oxygen atoms in total. The molecule has 13 heteroatoms. The number of nitrogens with zero attached hydrogens (tertiary/aromatic N) is 8. The Labute approximate surface area is 155 Å². The average molecular weight is 388 g/mol. The topological polar surface area (TPSA) is 153 Å². The van der Waals surface area contributed by atoms with Crippen molar-refractivity contribution in [1.82, 2.24) is 34.6 Å². The van der Waals surface area contributed by atoms with E-state index in [4.69, 9.17) is 16.9 Å². The van der Waals surface area contributed by atoms with Crippen LogP contribution in [0.15, 0.2) is 27.8 Å². The molecular weight excluding hydrogens is 378 g/mol. The quantitative estimate of drug-likeness (QED) is 0.614. The zero-order chi connectivity index (χ0) is 19.7. The van der Waals surface area contributed by atoms with Crippen LogP contribution in [0.1, 0.15) is 16.1 Å². The van der Waals surface area contributed by atoms with Crippen LogP contribution in [0.4, 0.5) is 5.95 Å². The Hall–Kier alpha value is -3.85. The SMILES string of the molecule is Cn1nnnc1NC(=O)c1nn(C)c(=O)n(-c2ccc(Cl)c(C#N)c2)c1=O. The molecule has 0 radical (unpaired) electrons. The average Bonchev–Trinajstić information content (AvgIpc) is 3.04. The number of benzene rings is 1. The van der Waals surface area contributed by atoms with Gasteiger partial charge in [0.1, 0.15) is 6.07 Å². The lowest BCUT2D eigenvalue weighted by atomic mass is 10.2. The third-order valence-corrected chi connectivity index (χ3v) is 3.84. The van der Waals surface area contributed by atoms with E-state index in [-0.39, 0.29) is 22.2 Å². The lowest BCUT2D eigenvalue weighted by Crippen LogP contribution is -2.43. The first-order chi connectivity index (χ1) is 12.8. The van der Waals surface area contributed by atoms with Crippen molar-refractivity contribution in [2.75, 3.05) is 5.32 Å². The number of halogens is 1. The summed E-state index contributed by atoms with van der Waals surface area (Å²) in [5.74, 6) is -0.920. The van der Waals surface area contributed by atoms with Crippen LogP contribution in [0, 0.1) is 11.3 Å². The number of carbonyl (C=O) groups excluding carboxylic acids is 1. The van der Waals surface area contributed by atoms with Crippen LogP contribution in [0.25, 0.3) is 5.69 Å². The van der Waals surface area contributed by atoms with Crippen molar-refractivity contribution in [1.29, 1.82) is 5.26 Å². The zero-order valence-corrected chi connectivity index (χ0v) is 14.7. The van der Waals surface area contributed by atoms with Gasteiger partial charge in [0.2, 0.25) is 11.6 Å². The number of aromatic nitrogens is 7. The maximum atomic E-state index is 12.7. The highest BCUT2D eigenvalue weighted by Gasteiger charge is 2.21. The van der Waals surface area contributed by atoms with Crippen LogP contribution in [-0.2, 0) is 14.1 Å². The van der Waals surface area contributed by atoms with E-state index in [2.05, 4.69) is 25.9 Å². The van der Waals surface area contributed by atoms with Crippen LogP contribution in [0.5, 0.6) is 0 Å². The minimum atomic E-state index is -0.975. The van der Waals surface area contributed by atoms with Crippen LogP contribution in [0.2, 0.25) is 5.02 Å². The van der Waals surface area contributed by atoms with Gasteiger partial charge in [0.05, 0.1) is 16.3 Å². The first-order valence-electron chi connectivity index (χ1n) is 7.27. The summed E-state index contributed by atoms with van der Waals surface area (Å²) in [4.78, 5) is 37.6. The van der Waals surface area contributed by atoms with Gasteiger partial charge in [-0.3, -0.25) is 14.9 Å². The van der Waals surface area contributed by atoms with Crippen LogP contribution >= 0.6 is 11.6 Å². The van der Waals surface area contributed by atoms with E-state index >= 15 is 0 Å². The van der Waals surface area contributed by atoms with Crippen LogP contribution in [0.3, 0.4) is 0 Å². The molecule has 0 aliphatic rings. The molecule has 1 N–H and O–H groups in total. The molecule has 136 valence electrons. The van der Waals surface area contributed by atoms with E-state index in [1.807, 2.05) is 6.07 Å². The summed E-state index contributed by atoms with van der Waals surface area (Å²) < 4.78 is 2.72. The minimum absolute atomic E-state index is 0.0140. The van der Waals surface area contributed by atoms with E-state index in [0.29, 0.717) is 4.57 Å². The van der Waals surface area contributed by atoms with Gasteiger partial charge in [0.25, 0.3) is 11.5 Å². The molecule has 27 heavy (non-hydrogen) atoms. The minimum Gasteiger partial charge on any atom is -0.288 e. The first-order valence-corrected chi connectivity index (χ1v) is 7.65. The summed E-state index contributed by atoms with van der Waals surface area (Å²) in [7, 11) is 2.76. The van der Waals surface area contributed by atoms with Crippen molar-refractivity contribution in [2.45, 2.75) is 0 Å². The molecule has 0 atom stereocenters. The van der Waals surface area contributed by atoms with Gasteiger partial charge in [-0.2, -0.15) is 10.4 Å². The fraction of sp³-hybridized carbons (Fsp3) is 0.143. The maximum Gasteiger partial charge on any atom is 0.351 e. The Morgan fingerprint density at radius 2 is 2.00 bits per heavy atom. The summed E-state index contributed by atoms with van der Waals surface area (Å²) in [6, 6.07) is 5.86. The predicted molar refractivity (Wildman–Crippen MR) is 91.6 cm³/mol. The first kappa shape index (κ1) is 18.0. The number of carbonyl (C=O) groups is 1. The predicted octanol–water partition coefficient (Wildman–Crippen LogP) is -0.768. The monoisotopic (exact) mass is 387 g/mol. The van der Waals surface area contributed by atoms with E-state index in [9.17, 15) is 14.4 Å². The molecular formula is C14H10ClN9O3. The molecule has 3 rings (SSSR count). The number of aryl methyl sites for hydroxylation is 2. The molecule has 0 saturated heterocycles. The van der Waals surface area contributed by atoms with Gasteiger partial charge in [0, 0.05) is 14.1 Å². The Morgan fingerprint density at radius 1 is 1.26 bits per heavy atom. The van der Waals surface area contributed by atoms with Crippen molar-refractivity contribution < 1.29 is 4.79 Å². The molecule has 0 aliphatic heterocycles. The molecule has 0 fully saturated rings. The van der Waals surface area contributed by atoms with Gasteiger partial charge in [-0.15, -0.1) is 0 Å². The molecule has 2 heterocycles. The molecule has 2 aromatic heterocycles. The molecule has 1 amide bonds. The normalized spacial score (nSPS) is 10.4. The summed E-state index contributed by atoms with van der Waals surface area (Å²) in [5, 5.41) is 25.8. The molecule has 0 saturated carbocycles. The molecule has 0 spiro atoms. The number of amides is 1. The number of tetrazole rings is 1. The number of hydrogen-bond acceptors (Lipinski definition) is 8. The molecule has 0 unspecified atom stereocenters.